The Hall–Kier alpha value is -4.20. The van der Waals surface area contributed by atoms with E-state index in [-0.39, 0.29) is 34.5 Å². The van der Waals surface area contributed by atoms with Crippen LogP contribution in [0.3, 0.4) is 0 Å². The third-order valence-electron chi connectivity index (χ3n) is 4.40. The summed E-state index contributed by atoms with van der Waals surface area (Å²) in [5, 5.41) is 8.43. The molecule has 0 unspecified atom stereocenters. The van der Waals surface area contributed by atoms with Crippen LogP contribution in [0.25, 0.3) is 45.7 Å². The molecule has 0 amide bonds. The quantitative estimate of drug-likeness (QED) is 0.493. The van der Waals surface area contributed by atoms with Gasteiger partial charge in [-0.25, -0.2) is 4.98 Å². The number of benzene rings is 2. The van der Waals surface area contributed by atoms with Crippen molar-refractivity contribution in [2.75, 3.05) is 5.73 Å². The number of aromatic nitrogens is 3. The van der Waals surface area contributed by atoms with Gasteiger partial charge in [0.05, 0.1) is 5.39 Å². The van der Waals surface area contributed by atoms with E-state index < -0.39 is 0 Å². The number of nitrogens with zero attached hydrogens (tertiary/aromatic N) is 3. The summed E-state index contributed by atoms with van der Waals surface area (Å²) in [4.78, 5) is 16.8. The minimum absolute atomic E-state index is 0.0447. The first-order valence-electron chi connectivity index (χ1n) is 8.79. The van der Waals surface area contributed by atoms with Gasteiger partial charge < -0.3 is 19.0 Å². The largest absolute Gasteiger partial charge is 0.451 e. The SMILES string of the molecule is Cc1ccc2oc(-c3nnc(-c4nc(-c5ccccc5)oc4N)o3)cc(=O)c2c1. The van der Waals surface area contributed by atoms with Crippen LogP contribution in [0.15, 0.2) is 72.6 Å². The summed E-state index contributed by atoms with van der Waals surface area (Å²) in [6.45, 7) is 1.91. The van der Waals surface area contributed by atoms with Crippen molar-refractivity contribution in [3.8, 4) is 34.7 Å². The predicted octanol–water partition coefficient (Wildman–Crippen LogP) is 4.06. The second kappa shape index (κ2) is 6.45. The van der Waals surface area contributed by atoms with Crippen LogP contribution in [-0.4, -0.2) is 15.2 Å². The average Bonchev–Trinajstić information content (AvgIpc) is 3.36. The molecule has 5 aromatic rings. The van der Waals surface area contributed by atoms with E-state index in [0.717, 1.165) is 11.1 Å². The summed E-state index contributed by atoms with van der Waals surface area (Å²) >= 11 is 0. The van der Waals surface area contributed by atoms with E-state index in [2.05, 4.69) is 15.2 Å². The number of rotatable bonds is 3. The molecule has 3 heterocycles. The van der Waals surface area contributed by atoms with E-state index in [1.54, 1.807) is 12.1 Å². The van der Waals surface area contributed by atoms with Crippen molar-refractivity contribution in [1.29, 1.82) is 0 Å². The molecule has 8 heteroatoms. The van der Waals surface area contributed by atoms with Gasteiger partial charge in [0.2, 0.25) is 11.8 Å². The van der Waals surface area contributed by atoms with E-state index in [4.69, 9.17) is 19.0 Å². The van der Waals surface area contributed by atoms with Crippen LogP contribution in [0.1, 0.15) is 5.56 Å². The van der Waals surface area contributed by atoms with Crippen LogP contribution < -0.4 is 11.2 Å². The van der Waals surface area contributed by atoms with Crippen molar-refractivity contribution in [3.05, 3.63) is 70.4 Å². The lowest BCUT2D eigenvalue weighted by atomic mass is 10.1. The third kappa shape index (κ3) is 2.96. The number of nitrogen functional groups attached to an aromatic ring is 1. The molecular formula is C21H14N4O4. The first-order valence-corrected chi connectivity index (χ1v) is 8.79. The van der Waals surface area contributed by atoms with Gasteiger partial charge in [0.25, 0.3) is 11.8 Å². The zero-order chi connectivity index (χ0) is 20.0. The average molecular weight is 386 g/mol. The lowest BCUT2D eigenvalue weighted by molar-refractivity contribution is 0.535. The highest BCUT2D eigenvalue weighted by Crippen LogP contribution is 2.31. The van der Waals surface area contributed by atoms with Crippen molar-refractivity contribution >= 4 is 16.9 Å². The van der Waals surface area contributed by atoms with Gasteiger partial charge in [-0.05, 0) is 31.2 Å². The Morgan fingerprint density at radius 1 is 0.862 bits per heavy atom. The summed E-state index contributed by atoms with van der Waals surface area (Å²) < 4.78 is 16.9. The number of fused-ring (bicyclic) bond motifs is 1. The number of aryl methyl sites for hydroxylation is 1. The van der Waals surface area contributed by atoms with Crippen LogP contribution >= 0.6 is 0 Å². The lowest BCUT2D eigenvalue weighted by Crippen LogP contribution is -2.00. The fourth-order valence-corrected chi connectivity index (χ4v) is 2.98. The maximum Gasteiger partial charge on any atom is 0.284 e. The molecule has 2 N–H and O–H groups in total. The Bertz CT molecular complexity index is 1400. The first-order chi connectivity index (χ1) is 14.1. The van der Waals surface area contributed by atoms with E-state index in [1.807, 2.05) is 43.3 Å². The van der Waals surface area contributed by atoms with Crippen LogP contribution in [0.4, 0.5) is 5.88 Å². The molecule has 8 nitrogen and oxygen atoms in total. The van der Waals surface area contributed by atoms with Gasteiger partial charge in [-0.15, -0.1) is 10.2 Å². The molecule has 0 aliphatic heterocycles. The van der Waals surface area contributed by atoms with Gasteiger partial charge >= 0.3 is 0 Å². The Morgan fingerprint density at radius 3 is 2.48 bits per heavy atom. The fraction of sp³-hybridized carbons (Fsp3) is 0.0476. The molecule has 0 aliphatic carbocycles. The predicted molar refractivity (Wildman–Crippen MR) is 106 cm³/mol. The van der Waals surface area contributed by atoms with Crippen molar-refractivity contribution in [1.82, 2.24) is 15.2 Å². The summed E-state index contributed by atoms with van der Waals surface area (Å²) in [5.41, 5.74) is 8.13. The maximum absolute atomic E-state index is 12.4. The van der Waals surface area contributed by atoms with E-state index in [0.29, 0.717) is 16.9 Å². The number of anilines is 1. The maximum atomic E-state index is 12.4. The molecular weight excluding hydrogens is 372 g/mol. The van der Waals surface area contributed by atoms with Gasteiger partial charge in [0.15, 0.2) is 16.9 Å². The van der Waals surface area contributed by atoms with Crippen LogP contribution in [0.2, 0.25) is 0 Å². The highest BCUT2D eigenvalue weighted by molar-refractivity contribution is 5.78. The Balaban J connectivity index is 1.55. The van der Waals surface area contributed by atoms with E-state index in [9.17, 15) is 4.79 Å². The van der Waals surface area contributed by atoms with Crippen molar-refractivity contribution in [2.24, 2.45) is 0 Å². The second-order valence-electron chi connectivity index (χ2n) is 6.48. The first kappa shape index (κ1) is 16.9. The standard InChI is InChI=1S/C21H14N4O4/c1-11-7-8-15-13(9-11)14(26)10-16(27-15)20-24-25-21(29-20)17-18(22)28-19(23-17)12-5-3-2-4-6-12/h2-10H,22H2,1H3. The molecule has 3 aromatic heterocycles. The molecule has 2 aromatic carbocycles. The summed E-state index contributed by atoms with van der Waals surface area (Å²) in [6, 6.07) is 16.0. The summed E-state index contributed by atoms with van der Waals surface area (Å²) in [7, 11) is 0. The van der Waals surface area contributed by atoms with Gasteiger partial charge in [0.1, 0.15) is 5.58 Å². The Labute approximate surface area is 163 Å². The third-order valence-corrected chi connectivity index (χ3v) is 4.40. The van der Waals surface area contributed by atoms with Gasteiger partial charge in [-0.1, -0.05) is 29.8 Å². The number of nitrogens with two attached hydrogens (primary N) is 1. The van der Waals surface area contributed by atoms with Crippen LogP contribution in [-0.2, 0) is 0 Å². The summed E-state index contributed by atoms with van der Waals surface area (Å²) in [6.07, 6.45) is 0. The smallest absolute Gasteiger partial charge is 0.284 e. The molecule has 29 heavy (non-hydrogen) atoms. The van der Waals surface area contributed by atoms with Gasteiger partial charge in [-0.2, -0.15) is 0 Å². The Kier molecular flexibility index (Phi) is 3.77. The minimum atomic E-state index is -0.197. The number of oxazole rings is 1. The molecule has 142 valence electrons. The molecule has 0 radical (unpaired) electrons. The highest BCUT2D eigenvalue weighted by Gasteiger charge is 2.21. The van der Waals surface area contributed by atoms with Gasteiger partial charge in [-0.3, -0.25) is 4.79 Å². The van der Waals surface area contributed by atoms with E-state index >= 15 is 0 Å². The zero-order valence-corrected chi connectivity index (χ0v) is 15.2. The van der Waals surface area contributed by atoms with Crippen molar-refractivity contribution in [2.45, 2.75) is 6.92 Å². The Morgan fingerprint density at radius 2 is 1.66 bits per heavy atom. The minimum Gasteiger partial charge on any atom is -0.451 e. The molecule has 0 bridgehead atoms. The van der Waals surface area contributed by atoms with Crippen molar-refractivity contribution in [3.63, 3.8) is 0 Å². The molecule has 0 fully saturated rings. The molecule has 0 spiro atoms. The van der Waals surface area contributed by atoms with Crippen LogP contribution in [0, 0.1) is 6.92 Å². The topological polar surface area (TPSA) is 121 Å². The monoisotopic (exact) mass is 386 g/mol. The molecule has 5 rings (SSSR count). The van der Waals surface area contributed by atoms with Crippen molar-refractivity contribution < 1.29 is 13.3 Å². The highest BCUT2D eigenvalue weighted by atomic mass is 16.4. The second-order valence-corrected chi connectivity index (χ2v) is 6.48. The number of hydrogen-bond donors (Lipinski definition) is 1. The van der Waals surface area contributed by atoms with E-state index in [1.165, 1.54) is 6.07 Å². The zero-order valence-electron chi connectivity index (χ0n) is 15.2. The molecule has 0 aliphatic rings. The fourth-order valence-electron chi connectivity index (χ4n) is 2.98. The molecule has 0 saturated carbocycles. The van der Waals surface area contributed by atoms with Crippen LogP contribution in [0.5, 0.6) is 0 Å². The normalized spacial score (nSPS) is 11.2. The van der Waals surface area contributed by atoms with Gasteiger partial charge in [0, 0.05) is 11.6 Å². The number of hydrogen-bond acceptors (Lipinski definition) is 8. The lowest BCUT2D eigenvalue weighted by Gasteiger charge is -2.00. The summed E-state index contributed by atoms with van der Waals surface area (Å²) in [5.74, 6) is 0.661. The molecule has 0 saturated heterocycles. The molecule has 0 atom stereocenters.